The summed E-state index contributed by atoms with van der Waals surface area (Å²) in [6.07, 6.45) is 0.994. The zero-order valence-electron chi connectivity index (χ0n) is 15.1. The van der Waals surface area contributed by atoms with Crippen LogP contribution in [-0.2, 0) is 4.74 Å². The van der Waals surface area contributed by atoms with Gasteiger partial charge in [-0.15, -0.1) is 0 Å². The van der Waals surface area contributed by atoms with Crippen LogP contribution in [0.2, 0.25) is 0 Å². The van der Waals surface area contributed by atoms with E-state index in [0.29, 0.717) is 0 Å². The molecule has 1 N–H and O–H groups in total. The van der Waals surface area contributed by atoms with Crippen molar-refractivity contribution in [1.82, 2.24) is 10.2 Å². The van der Waals surface area contributed by atoms with Crippen LogP contribution < -0.4 is 15.0 Å². The topological polar surface area (TPSA) is 49.3 Å². The summed E-state index contributed by atoms with van der Waals surface area (Å²) in [5, 5.41) is 3.43. The molecule has 1 aromatic carbocycles. The summed E-state index contributed by atoms with van der Waals surface area (Å²) < 4.78 is 10.8. The number of guanidine groups is 1. The monoisotopic (exact) mass is 334 g/mol. The lowest BCUT2D eigenvalue weighted by atomic mass is 10.2. The van der Waals surface area contributed by atoms with Gasteiger partial charge >= 0.3 is 0 Å². The summed E-state index contributed by atoms with van der Waals surface area (Å²) in [5.74, 6) is 1.91. The Kier molecular flexibility index (Phi) is 7.68. The Morgan fingerprint density at radius 3 is 2.62 bits per heavy atom. The highest BCUT2D eigenvalue weighted by molar-refractivity contribution is 5.80. The number of piperazine rings is 1. The first-order valence-corrected chi connectivity index (χ1v) is 8.71. The third-order valence-electron chi connectivity index (χ3n) is 4.17. The molecule has 0 amide bonds. The smallest absolute Gasteiger partial charge is 0.193 e. The number of methoxy groups -OCH3 is 1. The molecule has 1 aliphatic heterocycles. The highest BCUT2D eigenvalue weighted by atomic mass is 16.5. The van der Waals surface area contributed by atoms with Crippen molar-refractivity contribution in [2.24, 2.45) is 4.99 Å². The third-order valence-corrected chi connectivity index (χ3v) is 4.17. The molecular weight excluding hydrogens is 304 g/mol. The first kappa shape index (κ1) is 18.4. The van der Waals surface area contributed by atoms with Gasteiger partial charge in [-0.1, -0.05) is 12.1 Å². The van der Waals surface area contributed by atoms with Gasteiger partial charge in [-0.3, -0.25) is 4.99 Å². The Labute approximate surface area is 145 Å². The zero-order chi connectivity index (χ0) is 17.2. The predicted molar refractivity (Wildman–Crippen MR) is 99.3 cm³/mol. The van der Waals surface area contributed by atoms with Crippen LogP contribution in [0.15, 0.2) is 29.3 Å². The van der Waals surface area contributed by atoms with Gasteiger partial charge in [0.05, 0.1) is 12.8 Å². The summed E-state index contributed by atoms with van der Waals surface area (Å²) in [4.78, 5) is 9.09. The maximum Gasteiger partial charge on any atom is 0.193 e. The fraction of sp³-hybridized carbons (Fsp3) is 0.611. The maximum absolute atomic E-state index is 5.48. The molecule has 0 radical (unpaired) electrons. The Balaban J connectivity index is 1.82. The molecule has 0 saturated carbocycles. The van der Waals surface area contributed by atoms with Crippen LogP contribution in [-0.4, -0.2) is 71.0 Å². The van der Waals surface area contributed by atoms with Gasteiger partial charge in [-0.25, -0.2) is 0 Å². The number of ether oxygens (including phenoxy) is 2. The van der Waals surface area contributed by atoms with Gasteiger partial charge in [0.2, 0.25) is 0 Å². The van der Waals surface area contributed by atoms with Gasteiger partial charge in [0.1, 0.15) is 5.75 Å². The van der Waals surface area contributed by atoms with E-state index in [4.69, 9.17) is 9.47 Å². The number of benzene rings is 1. The quantitative estimate of drug-likeness (QED) is 0.468. The molecule has 6 nitrogen and oxygen atoms in total. The Hall–Kier alpha value is -1.95. The van der Waals surface area contributed by atoms with Gasteiger partial charge in [-0.05, 0) is 25.5 Å². The number of nitrogens with zero attached hydrogens (tertiary/aromatic N) is 3. The molecule has 6 heteroatoms. The van der Waals surface area contributed by atoms with E-state index in [1.165, 1.54) is 5.69 Å². The molecular formula is C18H30N4O2. The number of hydrogen-bond acceptors (Lipinski definition) is 4. The van der Waals surface area contributed by atoms with Crippen LogP contribution in [0.5, 0.6) is 5.75 Å². The van der Waals surface area contributed by atoms with Crippen molar-refractivity contribution in [2.45, 2.75) is 13.3 Å². The minimum Gasteiger partial charge on any atom is -0.495 e. The van der Waals surface area contributed by atoms with Crippen molar-refractivity contribution in [3.05, 3.63) is 24.3 Å². The number of hydrogen-bond donors (Lipinski definition) is 1. The summed E-state index contributed by atoms with van der Waals surface area (Å²) in [7, 11) is 3.57. The fourth-order valence-corrected chi connectivity index (χ4v) is 2.90. The second-order valence-corrected chi connectivity index (χ2v) is 5.67. The van der Waals surface area contributed by atoms with Crippen molar-refractivity contribution in [3.63, 3.8) is 0 Å². The number of nitrogens with one attached hydrogen (secondary N) is 1. The first-order valence-electron chi connectivity index (χ1n) is 8.71. The van der Waals surface area contributed by atoms with Crippen LogP contribution in [0.1, 0.15) is 13.3 Å². The average Bonchev–Trinajstić information content (AvgIpc) is 2.65. The molecule has 0 aromatic heterocycles. The van der Waals surface area contributed by atoms with E-state index in [0.717, 1.165) is 64.1 Å². The lowest BCUT2D eigenvalue weighted by molar-refractivity contribution is 0.145. The van der Waals surface area contributed by atoms with Crippen molar-refractivity contribution in [1.29, 1.82) is 0 Å². The number of rotatable bonds is 7. The van der Waals surface area contributed by atoms with Crippen molar-refractivity contribution >= 4 is 11.6 Å². The molecule has 1 fully saturated rings. The van der Waals surface area contributed by atoms with Gasteiger partial charge in [0, 0.05) is 53.0 Å². The van der Waals surface area contributed by atoms with E-state index >= 15 is 0 Å². The third kappa shape index (κ3) is 5.03. The fourth-order valence-electron chi connectivity index (χ4n) is 2.90. The summed E-state index contributed by atoms with van der Waals surface area (Å²) in [6.45, 7) is 8.29. The highest BCUT2D eigenvalue weighted by Crippen LogP contribution is 2.28. The van der Waals surface area contributed by atoms with E-state index in [-0.39, 0.29) is 0 Å². The minimum atomic E-state index is 0.777. The molecule has 1 aromatic rings. The van der Waals surface area contributed by atoms with Crippen molar-refractivity contribution in [2.75, 3.05) is 65.0 Å². The van der Waals surface area contributed by atoms with Crippen LogP contribution in [0, 0.1) is 0 Å². The largest absolute Gasteiger partial charge is 0.495 e. The standard InChI is InChI=1S/C18H30N4O2/c1-4-24-15-7-10-20-18(19-2)22-13-11-21(12-14-22)16-8-5-6-9-17(16)23-3/h5-6,8-9H,4,7,10-15H2,1-3H3,(H,19,20). The van der Waals surface area contributed by atoms with Gasteiger partial charge in [0.15, 0.2) is 5.96 Å². The van der Waals surface area contributed by atoms with Crippen LogP contribution in [0.4, 0.5) is 5.69 Å². The number of anilines is 1. The molecule has 0 unspecified atom stereocenters. The highest BCUT2D eigenvalue weighted by Gasteiger charge is 2.21. The van der Waals surface area contributed by atoms with E-state index in [1.807, 2.05) is 26.1 Å². The molecule has 1 heterocycles. The maximum atomic E-state index is 5.48. The second kappa shape index (κ2) is 10.0. The predicted octanol–water partition coefficient (Wildman–Crippen LogP) is 1.82. The molecule has 0 bridgehead atoms. The average molecular weight is 334 g/mol. The number of aliphatic imine (C=N–C) groups is 1. The normalized spacial score (nSPS) is 15.5. The minimum absolute atomic E-state index is 0.777. The second-order valence-electron chi connectivity index (χ2n) is 5.67. The first-order chi connectivity index (χ1) is 11.8. The van der Waals surface area contributed by atoms with Gasteiger partial charge < -0.3 is 24.6 Å². The molecule has 0 spiro atoms. The zero-order valence-corrected chi connectivity index (χ0v) is 15.1. The Morgan fingerprint density at radius 1 is 1.21 bits per heavy atom. The number of para-hydroxylation sites is 2. The summed E-state index contributed by atoms with van der Waals surface area (Å²) in [5.41, 5.74) is 1.17. The van der Waals surface area contributed by atoms with E-state index in [2.05, 4.69) is 32.2 Å². The van der Waals surface area contributed by atoms with Crippen LogP contribution in [0.25, 0.3) is 0 Å². The van der Waals surface area contributed by atoms with Crippen LogP contribution in [0.3, 0.4) is 0 Å². The molecule has 0 atom stereocenters. The van der Waals surface area contributed by atoms with E-state index in [9.17, 15) is 0 Å². The molecule has 1 aliphatic rings. The van der Waals surface area contributed by atoms with Crippen molar-refractivity contribution < 1.29 is 9.47 Å². The lowest BCUT2D eigenvalue weighted by Crippen LogP contribution is -2.52. The van der Waals surface area contributed by atoms with E-state index < -0.39 is 0 Å². The van der Waals surface area contributed by atoms with Gasteiger partial charge in [-0.2, -0.15) is 0 Å². The molecule has 0 aliphatic carbocycles. The molecule has 2 rings (SSSR count). The van der Waals surface area contributed by atoms with Gasteiger partial charge in [0.25, 0.3) is 0 Å². The summed E-state index contributed by atoms with van der Waals surface area (Å²) in [6, 6.07) is 8.20. The van der Waals surface area contributed by atoms with E-state index in [1.54, 1.807) is 7.11 Å². The molecule has 1 saturated heterocycles. The Bertz CT molecular complexity index is 513. The Morgan fingerprint density at radius 2 is 1.96 bits per heavy atom. The molecule has 24 heavy (non-hydrogen) atoms. The SMILES string of the molecule is CCOCCCNC(=NC)N1CCN(c2ccccc2OC)CC1. The molecule has 134 valence electrons. The van der Waals surface area contributed by atoms with Crippen molar-refractivity contribution in [3.8, 4) is 5.75 Å². The van der Waals surface area contributed by atoms with Crippen LogP contribution >= 0.6 is 0 Å². The lowest BCUT2D eigenvalue weighted by Gasteiger charge is -2.38. The summed E-state index contributed by atoms with van der Waals surface area (Å²) >= 11 is 0.